The molecular weight excluding hydrogens is 289 g/mol. The highest BCUT2D eigenvalue weighted by molar-refractivity contribution is 5.89. The number of piperazine rings is 1. The first-order valence-corrected chi connectivity index (χ1v) is 6.66. The predicted molar refractivity (Wildman–Crippen MR) is 73.6 cm³/mol. The van der Waals surface area contributed by atoms with E-state index in [0.29, 0.717) is 39.4 Å². The fourth-order valence-electron chi connectivity index (χ4n) is 2.39. The first kappa shape index (κ1) is 17.1. The van der Waals surface area contributed by atoms with Gasteiger partial charge in [-0.05, 0) is 0 Å². The van der Waals surface area contributed by atoms with Gasteiger partial charge in [-0.15, -0.1) is 12.4 Å². The largest absolute Gasteiger partial charge is 0.378 e. The minimum absolute atomic E-state index is 0. The minimum Gasteiger partial charge on any atom is -0.378 e. The Kier molecular flexibility index (Phi) is 7.18. The van der Waals surface area contributed by atoms with Gasteiger partial charge >= 0.3 is 0 Å². The number of hydrogen-bond acceptors (Lipinski definition) is 4. The van der Waals surface area contributed by atoms with Gasteiger partial charge in [0, 0.05) is 32.7 Å². The number of nitrogens with one attached hydrogen (secondary N) is 1. The number of carbonyl (C=O) groups excluding carboxylic acids is 2. The lowest BCUT2D eigenvalue weighted by Crippen LogP contribution is -2.57. The molecule has 0 aromatic rings. The van der Waals surface area contributed by atoms with Crippen molar-refractivity contribution in [2.75, 3.05) is 52.6 Å². The molecule has 20 heavy (non-hydrogen) atoms. The number of alkyl halides is 1. The van der Waals surface area contributed by atoms with Gasteiger partial charge in [0.25, 0.3) is 0 Å². The van der Waals surface area contributed by atoms with Crippen LogP contribution in [-0.2, 0) is 14.3 Å². The molecule has 0 spiro atoms. The number of amides is 2. The summed E-state index contributed by atoms with van der Waals surface area (Å²) in [5, 5.41) is 3.03. The molecule has 0 aliphatic carbocycles. The fourth-order valence-corrected chi connectivity index (χ4v) is 2.39. The summed E-state index contributed by atoms with van der Waals surface area (Å²) >= 11 is 0. The summed E-state index contributed by atoms with van der Waals surface area (Å²) in [6, 6.07) is -0.518. The van der Waals surface area contributed by atoms with E-state index in [0.717, 1.165) is 0 Å². The van der Waals surface area contributed by atoms with Crippen molar-refractivity contribution in [2.45, 2.75) is 12.5 Å². The number of carbonyl (C=O) groups is 2. The molecule has 8 heteroatoms. The molecule has 2 fully saturated rings. The van der Waals surface area contributed by atoms with Crippen molar-refractivity contribution in [1.82, 2.24) is 15.1 Å². The number of nitrogens with zero attached hydrogens (tertiary/aromatic N) is 2. The zero-order chi connectivity index (χ0) is 13.7. The van der Waals surface area contributed by atoms with Crippen LogP contribution in [0.15, 0.2) is 0 Å². The molecule has 0 radical (unpaired) electrons. The topological polar surface area (TPSA) is 61.9 Å². The molecule has 116 valence electrons. The van der Waals surface area contributed by atoms with Crippen LogP contribution in [0.5, 0.6) is 0 Å². The highest BCUT2D eigenvalue weighted by Gasteiger charge is 2.31. The van der Waals surface area contributed by atoms with E-state index in [4.69, 9.17) is 4.74 Å². The summed E-state index contributed by atoms with van der Waals surface area (Å²) in [7, 11) is 0. The van der Waals surface area contributed by atoms with Crippen molar-refractivity contribution >= 4 is 24.2 Å². The zero-order valence-corrected chi connectivity index (χ0v) is 12.2. The molecule has 6 nitrogen and oxygen atoms in total. The van der Waals surface area contributed by atoms with Crippen LogP contribution in [0.25, 0.3) is 0 Å². The van der Waals surface area contributed by atoms with Gasteiger partial charge < -0.3 is 19.9 Å². The molecule has 0 bridgehead atoms. The molecule has 2 rings (SSSR count). The van der Waals surface area contributed by atoms with Crippen LogP contribution in [0.1, 0.15) is 6.42 Å². The van der Waals surface area contributed by atoms with E-state index in [1.54, 1.807) is 4.90 Å². The summed E-state index contributed by atoms with van der Waals surface area (Å²) in [6.07, 6.45) is 0.140. The van der Waals surface area contributed by atoms with Crippen LogP contribution in [0.2, 0.25) is 0 Å². The second-order valence-corrected chi connectivity index (χ2v) is 4.72. The minimum atomic E-state index is -0.546. The molecule has 1 unspecified atom stereocenters. The van der Waals surface area contributed by atoms with Crippen molar-refractivity contribution in [3.63, 3.8) is 0 Å². The maximum atomic E-state index is 12.3. The summed E-state index contributed by atoms with van der Waals surface area (Å²) in [5.74, 6) is -0.221. The van der Waals surface area contributed by atoms with Crippen LogP contribution in [0.3, 0.4) is 0 Å². The van der Waals surface area contributed by atoms with E-state index in [1.807, 2.05) is 0 Å². The van der Waals surface area contributed by atoms with Gasteiger partial charge in [0.1, 0.15) is 6.67 Å². The third kappa shape index (κ3) is 4.29. The second-order valence-electron chi connectivity index (χ2n) is 4.72. The first-order valence-electron chi connectivity index (χ1n) is 6.66. The Morgan fingerprint density at radius 1 is 1.35 bits per heavy atom. The van der Waals surface area contributed by atoms with Gasteiger partial charge in [-0.1, -0.05) is 0 Å². The summed E-state index contributed by atoms with van der Waals surface area (Å²) in [4.78, 5) is 27.3. The van der Waals surface area contributed by atoms with Crippen LogP contribution in [0, 0.1) is 0 Å². The Morgan fingerprint density at radius 3 is 2.70 bits per heavy atom. The number of morpholine rings is 1. The van der Waals surface area contributed by atoms with Crippen molar-refractivity contribution < 1.29 is 18.7 Å². The van der Waals surface area contributed by atoms with E-state index in [2.05, 4.69) is 5.32 Å². The van der Waals surface area contributed by atoms with Crippen molar-refractivity contribution in [1.29, 1.82) is 0 Å². The summed E-state index contributed by atoms with van der Waals surface area (Å²) < 4.78 is 17.5. The smallest absolute Gasteiger partial charge is 0.240 e. The van der Waals surface area contributed by atoms with E-state index in [-0.39, 0.29) is 37.2 Å². The lowest BCUT2D eigenvalue weighted by Gasteiger charge is -2.34. The average Bonchev–Trinajstić information content (AvgIpc) is 2.44. The molecule has 0 aromatic heterocycles. The van der Waals surface area contributed by atoms with E-state index >= 15 is 0 Å². The van der Waals surface area contributed by atoms with E-state index in [1.165, 1.54) is 4.90 Å². The second kappa shape index (κ2) is 8.39. The van der Waals surface area contributed by atoms with E-state index < -0.39 is 12.7 Å². The van der Waals surface area contributed by atoms with Crippen molar-refractivity contribution in [2.24, 2.45) is 0 Å². The molecule has 2 saturated heterocycles. The molecular formula is C12H21ClFN3O3. The Bertz CT molecular complexity index is 338. The monoisotopic (exact) mass is 309 g/mol. The van der Waals surface area contributed by atoms with Crippen molar-refractivity contribution in [3.05, 3.63) is 0 Å². The third-order valence-corrected chi connectivity index (χ3v) is 3.48. The van der Waals surface area contributed by atoms with Crippen molar-refractivity contribution in [3.8, 4) is 0 Å². The highest BCUT2D eigenvalue weighted by atomic mass is 35.5. The first-order chi connectivity index (χ1) is 9.22. The third-order valence-electron chi connectivity index (χ3n) is 3.48. The zero-order valence-electron chi connectivity index (χ0n) is 11.3. The predicted octanol–water partition coefficient (Wildman–Crippen LogP) is -0.573. The average molecular weight is 310 g/mol. The summed E-state index contributed by atoms with van der Waals surface area (Å²) in [6.45, 7) is 2.93. The number of halogens is 2. The number of ether oxygens (including phenoxy) is 1. The van der Waals surface area contributed by atoms with Gasteiger partial charge in [-0.25, -0.2) is 4.39 Å². The molecule has 1 atom stereocenters. The van der Waals surface area contributed by atoms with Crippen LogP contribution in [0.4, 0.5) is 4.39 Å². The van der Waals surface area contributed by atoms with Gasteiger partial charge in [0.15, 0.2) is 0 Å². The molecule has 2 aliphatic heterocycles. The number of rotatable bonds is 4. The normalized spacial score (nSPS) is 23.4. The van der Waals surface area contributed by atoms with E-state index in [9.17, 15) is 14.0 Å². The Morgan fingerprint density at radius 2 is 2.05 bits per heavy atom. The summed E-state index contributed by atoms with van der Waals surface area (Å²) in [5.41, 5.74) is 0. The maximum Gasteiger partial charge on any atom is 0.240 e. The molecule has 1 N–H and O–H groups in total. The van der Waals surface area contributed by atoms with Gasteiger partial charge in [-0.3, -0.25) is 9.59 Å². The molecule has 0 saturated carbocycles. The van der Waals surface area contributed by atoms with Crippen LogP contribution < -0.4 is 5.32 Å². The maximum absolute atomic E-state index is 12.3. The van der Waals surface area contributed by atoms with Crippen LogP contribution in [-0.4, -0.2) is 80.3 Å². The lowest BCUT2D eigenvalue weighted by molar-refractivity contribution is -0.142. The standard InChI is InChI=1S/C12H20FN3O3.ClH/c13-1-3-16-4-2-14-10(12(16)18)9-11(17)15-5-7-19-8-6-15;/h10,14H,1-9H2;1H. The molecule has 0 aromatic carbocycles. The quantitative estimate of drug-likeness (QED) is 0.755. The lowest BCUT2D eigenvalue weighted by atomic mass is 10.1. The molecule has 2 heterocycles. The van der Waals surface area contributed by atoms with Crippen LogP contribution >= 0.6 is 12.4 Å². The number of hydrogen-bond donors (Lipinski definition) is 1. The fraction of sp³-hybridized carbons (Fsp3) is 0.833. The van der Waals surface area contributed by atoms with Gasteiger partial charge in [0.05, 0.1) is 25.7 Å². The van der Waals surface area contributed by atoms with Gasteiger partial charge in [0.2, 0.25) is 11.8 Å². The Hall–Kier alpha value is -0.920. The molecule has 2 amide bonds. The van der Waals surface area contributed by atoms with Gasteiger partial charge in [-0.2, -0.15) is 0 Å². The molecule has 2 aliphatic rings. The SMILES string of the molecule is Cl.O=C(CC1NCCN(CCF)C1=O)N1CCOCC1. The highest BCUT2D eigenvalue weighted by Crippen LogP contribution is 2.08. The Labute approximate surface area is 124 Å². The Balaban J connectivity index is 0.00000200.